The molecule has 0 aromatic carbocycles. The molecule has 7 heteroatoms. The molecule has 0 aliphatic heterocycles. The van der Waals surface area contributed by atoms with Gasteiger partial charge in [-0.15, -0.1) is 11.3 Å². The molecule has 2 rings (SSSR count). The maximum atomic E-state index is 11.7. The van der Waals surface area contributed by atoms with Crippen LogP contribution in [0, 0.1) is 0 Å². The van der Waals surface area contributed by atoms with Gasteiger partial charge in [0, 0.05) is 25.4 Å². The number of rotatable bonds is 6. The van der Waals surface area contributed by atoms with Gasteiger partial charge in [-0.25, -0.2) is 9.78 Å². The number of aryl methyl sites for hydroxylation is 2. The predicted octanol–water partition coefficient (Wildman–Crippen LogP) is 2.23. The van der Waals surface area contributed by atoms with E-state index >= 15 is 0 Å². The van der Waals surface area contributed by atoms with Gasteiger partial charge in [0.2, 0.25) is 0 Å². The van der Waals surface area contributed by atoms with Crippen LogP contribution in [-0.2, 0) is 24.8 Å². The second-order valence-electron chi connectivity index (χ2n) is 4.23. The zero-order chi connectivity index (χ0) is 14.5. The van der Waals surface area contributed by atoms with E-state index in [9.17, 15) is 4.79 Å². The van der Waals surface area contributed by atoms with Gasteiger partial charge in [0.1, 0.15) is 5.00 Å². The second-order valence-corrected chi connectivity index (χ2v) is 5.09. The summed E-state index contributed by atoms with van der Waals surface area (Å²) < 4.78 is 6.78. The molecule has 0 atom stereocenters. The summed E-state index contributed by atoms with van der Waals surface area (Å²) in [5, 5.41) is 8.36. The van der Waals surface area contributed by atoms with E-state index in [1.165, 1.54) is 11.3 Å². The SMILES string of the molecule is CCOC(=O)c1ncsc1NCc1cn(C)nc1CC. The normalized spacial score (nSPS) is 10.6. The number of thiazole rings is 1. The Kier molecular flexibility index (Phi) is 4.73. The lowest BCUT2D eigenvalue weighted by atomic mass is 10.2. The molecular formula is C13H18N4O2S. The number of nitrogens with one attached hydrogen (secondary N) is 1. The first-order valence-corrected chi connectivity index (χ1v) is 7.39. The first-order chi connectivity index (χ1) is 9.65. The average Bonchev–Trinajstić information content (AvgIpc) is 3.02. The van der Waals surface area contributed by atoms with Gasteiger partial charge in [0.05, 0.1) is 17.8 Å². The highest BCUT2D eigenvalue weighted by atomic mass is 32.1. The number of aromatic nitrogens is 3. The molecule has 0 bridgehead atoms. The first-order valence-electron chi connectivity index (χ1n) is 6.51. The Morgan fingerprint density at radius 2 is 2.30 bits per heavy atom. The lowest BCUT2D eigenvalue weighted by molar-refractivity contribution is 0.0521. The topological polar surface area (TPSA) is 69.0 Å². The van der Waals surface area contributed by atoms with Crippen LogP contribution in [0.4, 0.5) is 5.00 Å². The Balaban J connectivity index is 2.07. The summed E-state index contributed by atoms with van der Waals surface area (Å²) in [5.74, 6) is -0.391. The minimum atomic E-state index is -0.391. The number of ether oxygens (including phenoxy) is 1. The third-order valence-electron chi connectivity index (χ3n) is 2.80. The molecule has 0 saturated heterocycles. The lowest BCUT2D eigenvalue weighted by Gasteiger charge is -2.05. The highest BCUT2D eigenvalue weighted by Gasteiger charge is 2.16. The lowest BCUT2D eigenvalue weighted by Crippen LogP contribution is -2.09. The summed E-state index contributed by atoms with van der Waals surface area (Å²) >= 11 is 1.39. The standard InChI is InChI=1S/C13H18N4O2S/c1-4-10-9(7-17(3)16-10)6-14-12-11(15-8-20-12)13(18)19-5-2/h7-8,14H,4-6H2,1-3H3. The van der Waals surface area contributed by atoms with Gasteiger partial charge in [-0.1, -0.05) is 6.92 Å². The van der Waals surface area contributed by atoms with Crippen molar-refractivity contribution in [1.82, 2.24) is 14.8 Å². The molecule has 20 heavy (non-hydrogen) atoms. The number of hydrogen-bond donors (Lipinski definition) is 1. The molecule has 0 unspecified atom stereocenters. The monoisotopic (exact) mass is 294 g/mol. The molecule has 0 aliphatic carbocycles. The van der Waals surface area contributed by atoms with Gasteiger partial charge < -0.3 is 10.1 Å². The fourth-order valence-corrected chi connectivity index (χ4v) is 2.59. The highest BCUT2D eigenvalue weighted by molar-refractivity contribution is 7.14. The number of hydrogen-bond acceptors (Lipinski definition) is 6. The van der Waals surface area contributed by atoms with Crippen molar-refractivity contribution < 1.29 is 9.53 Å². The smallest absolute Gasteiger partial charge is 0.360 e. The average molecular weight is 294 g/mol. The fraction of sp³-hybridized carbons (Fsp3) is 0.462. The van der Waals surface area contributed by atoms with Gasteiger partial charge in [-0.05, 0) is 13.3 Å². The van der Waals surface area contributed by atoms with Crippen molar-refractivity contribution in [2.24, 2.45) is 7.05 Å². The Morgan fingerprint density at radius 3 is 3.00 bits per heavy atom. The van der Waals surface area contributed by atoms with Crippen molar-refractivity contribution in [2.75, 3.05) is 11.9 Å². The fourth-order valence-electron chi connectivity index (χ4n) is 1.92. The molecule has 2 aromatic rings. The van der Waals surface area contributed by atoms with E-state index in [4.69, 9.17) is 4.74 Å². The van der Waals surface area contributed by atoms with Crippen LogP contribution in [0.3, 0.4) is 0 Å². The van der Waals surface area contributed by atoms with Crippen LogP contribution >= 0.6 is 11.3 Å². The van der Waals surface area contributed by atoms with Crippen molar-refractivity contribution in [3.8, 4) is 0 Å². The number of anilines is 1. The molecule has 0 amide bonds. The van der Waals surface area contributed by atoms with Crippen molar-refractivity contribution in [1.29, 1.82) is 0 Å². The molecule has 0 fully saturated rings. The zero-order valence-electron chi connectivity index (χ0n) is 11.8. The molecule has 108 valence electrons. The van der Waals surface area contributed by atoms with E-state index in [0.29, 0.717) is 18.8 Å². The Hall–Kier alpha value is -1.89. The molecular weight excluding hydrogens is 276 g/mol. The minimum absolute atomic E-state index is 0.346. The van der Waals surface area contributed by atoms with Crippen LogP contribution in [0.5, 0.6) is 0 Å². The molecule has 0 spiro atoms. The van der Waals surface area contributed by atoms with Crippen LogP contribution in [0.15, 0.2) is 11.7 Å². The summed E-state index contributed by atoms with van der Waals surface area (Å²) in [6.07, 6.45) is 2.86. The summed E-state index contributed by atoms with van der Waals surface area (Å²) in [5.41, 5.74) is 4.16. The van der Waals surface area contributed by atoms with Gasteiger partial charge in [-0.3, -0.25) is 4.68 Å². The zero-order valence-corrected chi connectivity index (χ0v) is 12.7. The van der Waals surface area contributed by atoms with Crippen LogP contribution in [0.25, 0.3) is 0 Å². The number of carbonyl (C=O) groups is 1. The molecule has 6 nitrogen and oxygen atoms in total. The molecule has 1 N–H and O–H groups in total. The minimum Gasteiger partial charge on any atom is -0.461 e. The van der Waals surface area contributed by atoms with Gasteiger partial charge in [-0.2, -0.15) is 5.10 Å². The molecule has 2 heterocycles. The second kappa shape index (κ2) is 6.51. The number of carbonyl (C=O) groups excluding carboxylic acids is 1. The van der Waals surface area contributed by atoms with E-state index in [2.05, 4.69) is 22.3 Å². The van der Waals surface area contributed by atoms with Gasteiger partial charge in [0.15, 0.2) is 5.69 Å². The van der Waals surface area contributed by atoms with E-state index in [1.54, 1.807) is 17.1 Å². The van der Waals surface area contributed by atoms with Crippen LogP contribution in [-0.4, -0.2) is 27.3 Å². The summed E-state index contributed by atoms with van der Waals surface area (Å²) in [7, 11) is 1.90. The van der Waals surface area contributed by atoms with E-state index < -0.39 is 5.97 Å². The molecule has 2 aromatic heterocycles. The number of nitrogens with zero attached hydrogens (tertiary/aromatic N) is 3. The number of esters is 1. The maximum absolute atomic E-state index is 11.7. The third-order valence-corrected chi connectivity index (χ3v) is 3.59. The van der Waals surface area contributed by atoms with E-state index in [-0.39, 0.29) is 0 Å². The van der Waals surface area contributed by atoms with Gasteiger partial charge >= 0.3 is 5.97 Å². The predicted molar refractivity (Wildman–Crippen MR) is 78.0 cm³/mol. The van der Waals surface area contributed by atoms with Crippen molar-refractivity contribution in [3.63, 3.8) is 0 Å². The largest absolute Gasteiger partial charge is 0.461 e. The van der Waals surface area contributed by atoms with Gasteiger partial charge in [0.25, 0.3) is 0 Å². The first kappa shape index (κ1) is 14.5. The summed E-state index contributed by atoms with van der Waals surface area (Å²) in [6.45, 7) is 4.81. The molecule has 0 radical (unpaired) electrons. The van der Waals surface area contributed by atoms with Crippen LogP contribution < -0.4 is 5.32 Å². The van der Waals surface area contributed by atoms with Crippen molar-refractivity contribution in [2.45, 2.75) is 26.8 Å². The Bertz CT molecular complexity index is 591. The summed E-state index contributed by atoms with van der Waals surface area (Å²) in [4.78, 5) is 15.8. The Morgan fingerprint density at radius 1 is 1.50 bits per heavy atom. The van der Waals surface area contributed by atoms with E-state index in [0.717, 1.165) is 22.7 Å². The van der Waals surface area contributed by atoms with E-state index in [1.807, 2.05) is 13.2 Å². The maximum Gasteiger partial charge on any atom is 0.360 e. The third kappa shape index (κ3) is 3.16. The Labute approximate surface area is 121 Å². The quantitative estimate of drug-likeness (QED) is 0.827. The highest BCUT2D eigenvalue weighted by Crippen LogP contribution is 2.22. The van der Waals surface area contributed by atoms with Crippen molar-refractivity contribution >= 4 is 22.3 Å². The summed E-state index contributed by atoms with van der Waals surface area (Å²) in [6, 6.07) is 0. The van der Waals surface area contributed by atoms with Crippen LogP contribution in [0.2, 0.25) is 0 Å². The molecule has 0 aliphatic rings. The van der Waals surface area contributed by atoms with Crippen LogP contribution in [0.1, 0.15) is 35.6 Å². The molecule has 0 saturated carbocycles. The van der Waals surface area contributed by atoms with Crippen molar-refractivity contribution in [3.05, 3.63) is 28.7 Å².